The molecule has 1 aliphatic rings. The molecule has 0 aliphatic carbocycles. The van der Waals surface area contributed by atoms with Crippen LogP contribution in [-0.2, 0) is 11.3 Å². The van der Waals surface area contributed by atoms with E-state index >= 15 is 0 Å². The smallest absolute Gasteiger partial charge is 0.244 e. The highest BCUT2D eigenvalue weighted by Gasteiger charge is 2.31. The molecule has 1 N–H and O–H groups in total. The second-order valence-electron chi connectivity index (χ2n) is 8.23. The predicted octanol–water partition coefficient (Wildman–Crippen LogP) is 3.23. The van der Waals surface area contributed by atoms with E-state index in [1.807, 2.05) is 0 Å². The third-order valence-electron chi connectivity index (χ3n) is 6.13. The van der Waals surface area contributed by atoms with Gasteiger partial charge in [-0.1, -0.05) is 0 Å². The van der Waals surface area contributed by atoms with E-state index < -0.39 is 37.5 Å². The standard InChI is InChI=1S/C23H24F3N7O2/c1-13(34)31-6-4-18(17(26)11-31)28-23-29-22(35-2)21-15(3-7-33(21)30-23)14-9-16(25)20-19(10-14)32(8-5-24)12-27-20/h3,7,9-10,12,17-18H,4-6,8,11H2,1-2H3,(H,28,30)/t17-,18+/m1/s1/i1D3. The lowest BCUT2D eigenvalue weighted by atomic mass is 10.0. The number of rotatable bonds is 6. The van der Waals surface area contributed by atoms with Crippen molar-refractivity contribution in [1.29, 1.82) is 0 Å². The van der Waals surface area contributed by atoms with Gasteiger partial charge in [-0.25, -0.2) is 22.7 Å². The van der Waals surface area contributed by atoms with Crippen LogP contribution in [0.1, 0.15) is 17.4 Å². The zero-order valence-electron chi connectivity index (χ0n) is 21.7. The molecule has 0 spiro atoms. The maximum absolute atomic E-state index is 14.9. The number of hydrogen-bond donors (Lipinski definition) is 1. The lowest BCUT2D eigenvalue weighted by Gasteiger charge is -2.34. The minimum atomic E-state index is -2.83. The number of anilines is 1. The van der Waals surface area contributed by atoms with Gasteiger partial charge in [0, 0.05) is 29.3 Å². The van der Waals surface area contributed by atoms with Crippen molar-refractivity contribution >= 4 is 28.4 Å². The molecule has 9 nitrogen and oxygen atoms in total. The first-order valence-corrected chi connectivity index (χ1v) is 10.9. The van der Waals surface area contributed by atoms with Crippen LogP contribution >= 0.6 is 0 Å². The zero-order valence-corrected chi connectivity index (χ0v) is 18.7. The number of imidazole rings is 1. The number of aromatic nitrogens is 5. The van der Waals surface area contributed by atoms with E-state index in [1.54, 1.807) is 18.3 Å². The molecule has 1 saturated heterocycles. The Morgan fingerprint density at radius 2 is 2.26 bits per heavy atom. The van der Waals surface area contributed by atoms with Gasteiger partial charge in [0.25, 0.3) is 0 Å². The van der Waals surface area contributed by atoms with E-state index in [2.05, 4.69) is 20.4 Å². The average Bonchev–Trinajstić information content (AvgIpc) is 3.49. The minimum Gasteiger partial charge on any atom is -0.479 e. The van der Waals surface area contributed by atoms with Gasteiger partial charge in [-0.05, 0) is 30.2 Å². The Balaban J connectivity index is 1.44. The number of nitrogens with one attached hydrogen (secondary N) is 1. The summed E-state index contributed by atoms with van der Waals surface area (Å²) in [6, 6.07) is 3.95. The topological polar surface area (TPSA) is 89.6 Å². The number of amides is 1. The molecule has 184 valence electrons. The second-order valence-corrected chi connectivity index (χ2v) is 8.23. The highest BCUT2D eigenvalue weighted by molar-refractivity contribution is 5.90. The summed E-state index contributed by atoms with van der Waals surface area (Å²) in [7, 11) is 1.40. The second kappa shape index (κ2) is 9.08. The van der Waals surface area contributed by atoms with E-state index in [-0.39, 0.29) is 43.4 Å². The molecule has 4 heterocycles. The Morgan fingerprint density at radius 1 is 1.40 bits per heavy atom. The number of ether oxygens (including phenoxy) is 1. The maximum Gasteiger partial charge on any atom is 0.244 e. The Bertz CT molecular complexity index is 1510. The number of likely N-dealkylation sites (tertiary alicyclic amines) is 1. The first-order valence-electron chi connectivity index (χ1n) is 12.4. The quantitative estimate of drug-likeness (QED) is 0.447. The van der Waals surface area contributed by atoms with Crippen LogP contribution in [0.15, 0.2) is 30.7 Å². The van der Waals surface area contributed by atoms with E-state index in [0.717, 1.165) is 4.90 Å². The van der Waals surface area contributed by atoms with Crippen LogP contribution in [0, 0.1) is 5.82 Å². The van der Waals surface area contributed by atoms with Gasteiger partial charge in [0.1, 0.15) is 23.9 Å². The van der Waals surface area contributed by atoms with Gasteiger partial charge in [0.05, 0.1) is 38.1 Å². The number of methoxy groups -OCH3 is 1. The van der Waals surface area contributed by atoms with Gasteiger partial charge < -0.3 is 19.5 Å². The summed E-state index contributed by atoms with van der Waals surface area (Å²) in [5.41, 5.74) is 2.04. The fraction of sp³-hybridized carbons (Fsp3) is 0.391. The Kier molecular flexibility index (Phi) is 5.05. The molecule has 0 bridgehead atoms. The van der Waals surface area contributed by atoms with E-state index in [4.69, 9.17) is 8.85 Å². The maximum atomic E-state index is 14.9. The number of fused-ring (bicyclic) bond motifs is 2. The third kappa shape index (κ3) is 4.13. The van der Waals surface area contributed by atoms with Crippen LogP contribution in [0.5, 0.6) is 5.88 Å². The Labute approximate surface area is 202 Å². The van der Waals surface area contributed by atoms with Gasteiger partial charge in [-0.2, -0.15) is 4.98 Å². The number of alkyl halides is 2. The van der Waals surface area contributed by atoms with Crippen molar-refractivity contribution in [3.05, 3.63) is 36.5 Å². The van der Waals surface area contributed by atoms with Crippen LogP contribution in [0.2, 0.25) is 0 Å². The van der Waals surface area contributed by atoms with E-state index in [1.165, 1.54) is 28.6 Å². The van der Waals surface area contributed by atoms with Crippen molar-refractivity contribution in [2.45, 2.75) is 32.0 Å². The molecule has 0 radical (unpaired) electrons. The van der Waals surface area contributed by atoms with E-state index in [9.17, 15) is 18.0 Å². The summed E-state index contributed by atoms with van der Waals surface area (Å²) in [6.07, 6.45) is 1.60. The van der Waals surface area contributed by atoms with Crippen molar-refractivity contribution in [3.8, 4) is 17.0 Å². The van der Waals surface area contributed by atoms with Gasteiger partial charge in [-0.15, -0.1) is 5.10 Å². The third-order valence-corrected chi connectivity index (χ3v) is 6.13. The van der Waals surface area contributed by atoms with Crippen LogP contribution in [0.3, 0.4) is 0 Å². The monoisotopic (exact) mass is 490 g/mol. The molecule has 0 saturated carbocycles. The van der Waals surface area contributed by atoms with Crippen molar-refractivity contribution in [2.24, 2.45) is 0 Å². The fourth-order valence-corrected chi connectivity index (χ4v) is 4.39. The Hall–Kier alpha value is -3.83. The molecular weight excluding hydrogens is 463 g/mol. The number of carbonyl (C=O) groups excluding carboxylic acids is 1. The summed E-state index contributed by atoms with van der Waals surface area (Å²) in [4.78, 5) is 21.4. The van der Waals surface area contributed by atoms with Crippen molar-refractivity contribution < 1.29 is 26.8 Å². The first-order chi connectivity index (χ1) is 18.1. The van der Waals surface area contributed by atoms with Crippen molar-refractivity contribution in [1.82, 2.24) is 29.0 Å². The number of carbonyl (C=O) groups is 1. The average molecular weight is 491 g/mol. The number of benzene rings is 1. The molecule has 12 heteroatoms. The molecule has 35 heavy (non-hydrogen) atoms. The summed E-state index contributed by atoms with van der Waals surface area (Å²) >= 11 is 0. The largest absolute Gasteiger partial charge is 0.479 e. The highest BCUT2D eigenvalue weighted by atomic mass is 19.1. The molecule has 5 rings (SSSR count). The summed E-state index contributed by atoms with van der Waals surface area (Å²) < 4.78 is 72.9. The van der Waals surface area contributed by atoms with Crippen molar-refractivity contribution in [2.75, 3.05) is 32.2 Å². The SMILES string of the molecule is [2H]C([2H])([2H])C(=O)N1CC[C@H](Nc2nc(OC)c3c(-c4cc(F)c5ncn(CCF)c5c4)ccn3n2)[C@H](F)C1. The molecule has 0 unspecified atom stereocenters. The molecule has 2 atom stereocenters. The fourth-order valence-electron chi connectivity index (χ4n) is 4.39. The molecule has 4 aromatic rings. The lowest BCUT2D eigenvalue weighted by Crippen LogP contribution is -2.49. The van der Waals surface area contributed by atoms with Gasteiger partial charge in [-0.3, -0.25) is 4.79 Å². The summed E-state index contributed by atoms with van der Waals surface area (Å²) in [5, 5.41) is 7.30. The van der Waals surface area contributed by atoms with Crippen LogP contribution < -0.4 is 10.1 Å². The van der Waals surface area contributed by atoms with Crippen LogP contribution in [-0.4, -0.2) is 74.0 Å². The molecule has 1 aromatic carbocycles. The molecule has 1 fully saturated rings. The number of hydrogen-bond acceptors (Lipinski definition) is 6. The number of piperidine rings is 1. The lowest BCUT2D eigenvalue weighted by molar-refractivity contribution is -0.131. The minimum absolute atomic E-state index is 0.0379. The molecular formula is C23H24F3N7O2. The first kappa shape index (κ1) is 19.5. The number of halogens is 3. The highest BCUT2D eigenvalue weighted by Crippen LogP contribution is 2.34. The number of aryl methyl sites for hydroxylation is 1. The normalized spacial score (nSPS) is 20.0. The summed E-state index contributed by atoms with van der Waals surface area (Å²) in [6.45, 7) is -3.72. The van der Waals surface area contributed by atoms with Gasteiger partial charge in [0.15, 0.2) is 5.82 Å². The number of nitrogens with zero attached hydrogens (tertiary/aromatic N) is 6. The Morgan fingerprint density at radius 3 is 3.00 bits per heavy atom. The molecule has 1 amide bonds. The van der Waals surface area contributed by atoms with Crippen LogP contribution in [0.4, 0.5) is 19.1 Å². The van der Waals surface area contributed by atoms with E-state index in [0.29, 0.717) is 22.2 Å². The van der Waals surface area contributed by atoms with Gasteiger partial charge >= 0.3 is 0 Å². The van der Waals surface area contributed by atoms with Crippen molar-refractivity contribution in [3.63, 3.8) is 0 Å². The predicted molar refractivity (Wildman–Crippen MR) is 123 cm³/mol. The molecule has 3 aromatic heterocycles. The molecule has 1 aliphatic heterocycles. The zero-order chi connectivity index (χ0) is 27.2. The summed E-state index contributed by atoms with van der Waals surface area (Å²) in [5.74, 6) is -1.45. The van der Waals surface area contributed by atoms with Crippen LogP contribution in [0.25, 0.3) is 27.7 Å². The van der Waals surface area contributed by atoms with Gasteiger partial charge in [0.2, 0.25) is 17.7 Å².